The Balaban J connectivity index is 1.92. The maximum absolute atomic E-state index is 5.35. The summed E-state index contributed by atoms with van der Waals surface area (Å²) in [7, 11) is 0. The van der Waals surface area contributed by atoms with Gasteiger partial charge in [0.2, 0.25) is 0 Å². The van der Waals surface area contributed by atoms with Gasteiger partial charge in [-0.1, -0.05) is 19.0 Å². The Hall–Kier alpha value is -1.84. The quantitative estimate of drug-likeness (QED) is 0.899. The van der Waals surface area contributed by atoms with Crippen molar-refractivity contribution in [3.63, 3.8) is 0 Å². The van der Waals surface area contributed by atoms with Crippen LogP contribution in [0.4, 0.5) is 5.69 Å². The molecule has 0 fully saturated rings. The summed E-state index contributed by atoms with van der Waals surface area (Å²) in [5, 5.41) is 7.40. The zero-order valence-corrected chi connectivity index (χ0v) is 10.7. The van der Waals surface area contributed by atoms with Gasteiger partial charge in [0.25, 0.3) is 5.89 Å². The Labute approximate surface area is 106 Å². The van der Waals surface area contributed by atoms with E-state index in [1.165, 1.54) is 11.3 Å². The summed E-state index contributed by atoms with van der Waals surface area (Å²) in [5.74, 6) is 1.77. The van der Waals surface area contributed by atoms with Gasteiger partial charge in [-0.3, -0.25) is 0 Å². The minimum Gasteiger partial charge on any atom is -0.384 e. The molecule has 1 N–H and O–H groups in total. The number of anilines is 1. The molecule has 2 aromatic rings. The first-order valence-electron chi connectivity index (χ1n) is 6.48. The summed E-state index contributed by atoms with van der Waals surface area (Å²) < 4.78 is 5.35. The molecule has 0 radical (unpaired) electrons. The van der Waals surface area contributed by atoms with E-state index < -0.39 is 0 Å². The van der Waals surface area contributed by atoms with Crippen LogP contribution in [0.1, 0.15) is 37.6 Å². The van der Waals surface area contributed by atoms with Crippen molar-refractivity contribution in [2.45, 2.75) is 32.6 Å². The highest BCUT2D eigenvalue weighted by atomic mass is 16.5. The predicted octanol–water partition coefficient (Wildman–Crippen LogP) is 3.22. The maximum atomic E-state index is 5.35. The first-order chi connectivity index (χ1) is 8.78. The fraction of sp³-hybridized carbons (Fsp3) is 0.429. The number of nitrogens with zero attached hydrogens (tertiary/aromatic N) is 2. The topological polar surface area (TPSA) is 51.0 Å². The molecule has 0 saturated heterocycles. The first kappa shape index (κ1) is 11.3. The lowest BCUT2D eigenvalue weighted by atomic mass is 10.1. The Morgan fingerprint density at radius 3 is 3.17 bits per heavy atom. The van der Waals surface area contributed by atoms with Gasteiger partial charge in [0.05, 0.1) is 0 Å². The molecule has 4 nitrogen and oxygen atoms in total. The third-order valence-corrected chi connectivity index (χ3v) is 3.56. The molecule has 0 bridgehead atoms. The zero-order valence-electron chi connectivity index (χ0n) is 10.7. The van der Waals surface area contributed by atoms with Crippen LogP contribution in [0.25, 0.3) is 11.5 Å². The Kier molecular flexibility index (Phi) is 2.78. The summed E-state index contributed by atoms with van der Waals surface area (Å²) in [5.41, 5.74) is 3.57. The lowest BCUT2D eigenvalue weighted by Crippen LogP contribution is -1.93. The molecule has 1 aliphatic rings. The van der Waals surface area contributed by atoms with Gasteiger partial charge in [-0.2, -0.15) is 4.98 Å². The fourth-order valence-electron chi connectivity index (χ4n) is 2.17. The third kappa shape index (κ3) is 1.88. The van der Waals surface area contributed by atoms with Crippen molar-refractivity contribution in [2.24, 2.45) is 0 Å². The van der Waals surface area contributed by atoms with Gasteiger partial charge in [0, 0.05) is 23.7 Å². The lowest BCUT2D eigenvalue weighted by Gasteiger charge is -2.01. The van der Waals surface area contributed by atoms with Crippen molar-refractivity contribution < 1.29 is 4.52 Å². The second kappa shape index (κ2) is 4.44. The van der Waals surface area contributed by atoms with Crippen LogP contribution in [0, 0.1) is 0 Å². The molecule has 1 aromatic heterocycles. The highest BCUT2D eigenvalue weighted by Crippen LogP contribution is 2.28. The molecule has 0 amide bonds. The van der Waals surface area contributed by atoms with Crippen LogP contribution in [0.15, 0.2) is 22.7 Å². The average Bonchev–Trinajstić information content (AvgIpc) is 3.05. The van der Waals surface area contributed by atoms with Gasteiger partial charge in [-0.25, -0.2) is 0 Å². The van der Waals surface area contributed by atoms with E-state index in [0.717, 1.165) is 30.8 Å². The zero-order chi connectivity index (χ0) is 12.5. The van der Waals surface area contributed by atoms with Crippen LogP contribution in [-0.2, 0) is 6.42 Å². The van der Waals surface area contributed by atoms with Crippen molar-refractivity contribution >= 4 is 5.69 Å². The standard InChI is InChI=1S/C14H17N3O/c1-3-9(2)13-16-14(18-17-13)11-4-5-12-10(8-11)6-7-15-12/h4-5,8-9,15H,3,6-7H2,1-2H3. The van der Waals surface area contributed by atoms with Gasteiger partial charge in [0.15, 0.2) is 5.82 Å². The largest absolute Gasteiger partial charge is 0.384 e. The number of rotatable bonds is 3. The van der Waals surface area contributed by atoms with E-state index in [1.807, 2.05) is 6.07 Å². The van der Waals surface area contributed by atoms with Gasteiger partial charge < -0.3 is 9.84 Å². The van der Waals surface area contributed by atoms with Crippen LogP contribution in [0.3, 0.4) is 0 Å². The van der Waals surface area contributed by atoms with Crippen molar-refractivity contribution in [3.05, 3.63) is 29.6 Å². The maximum Gasteiger partial charge on any atom is 0.257 e. The second-order valence-electron chi connectivity index (χ2n) is 4.82. The van der Waals surface area contributed by atoms with Crippen molar-refractivity contribution in [3.8, 4) is 11.5 Å². The number of nitrogens with one attached hydrogen (secondary N) is 1. The molecule has 18 heavy (non-hydrogen) atoms. The van der Waals surface area contributed by atoms with Gasteiger partial charge in [0.1, 0.15) is 0 Å². The van der Waals surface area contributed by atoms with E-state index >= 15 is 0 Å². The summed E-state index contributed by atoms with van der Waals surface area (Å²) in [6, 6.07) is 6.26. The molecule has 94 valence electrons. The normalized spacial score (nSPS) is 15.2. The van der Waals surface area contributed by atoms with Crippen LogP contribution in [0.5, 0.6) is 0 Å². The van der Waals surface area contributed by atoms with Crippen LogP contribution in [0.2, 0.25) is 0 Å². The Morgan fingerprint density at radius 2 is 2.33 bits per heavy atom. The minimum absolute atomic E-state index is 0.346. The van der Waals surface area contributed by atoms with Crippen LogP contribution in [-0.4, -0.2) is 16.7 Å². The highest BCUT2D eigenvalue weighted by molar-refractivity contribution is 5.64. The second-order valence-corrected chi connectivity index (χ2v) is 4.82. The third-order valence-electron chi connectivity index (χ3n) is 3.56. The lowest BCUT2D eigenvalue weighted by molar-refractivity contribution is 0.416. The molecule has 3 rings (SSSR count). The van der Waals surface area contributed by atoms with Crippen LogP contribution < -0.4 is 5.32 Å². The predicted molar refractivity (Wildman–Crippen MR) is 70.6 cm³/mol. The summed E-state index contributed by atoms with van der Waals surface area (Å²) in [6.07, 6.45) is 2.09. The molecule has 0 aliphatic carbocycles. The molecule has 1 aromatic carbocycles. The van der Waals surface area contributed by atoms with E-state index in [4.69, 9.17) is 4.52 Å². The molecule has 2 heterocycles. The van der Waals surface area contributed by atoms with E-state index in [-0.39, 0.29) is 0 Å². The van der Waals surface area contributed by atoms with E-state index in [1.54, 1.807) is 0 Å². The van der Waals surface area contributed by atoms with Gasteiger partial charge >= 0.3 is 0 Å². The molecular weight excluding hydrogens is 226 g/mol. The van der Waals surface area contributed by atoms with Crippen molar-refractivity contribution in [2.75, 3.05) is 11.9 Å². The molecule has 4 heteroatoms. The SMILES string of the molecule is CCC(C)c1noc(-c2ccc3c(c2)CCN3)n1. The summed E-state index contributed by atoms with van der Waals surface area (Å²) >= 11 is 0. The first-order valence-corrected chi connectivity index (χ1v) is 6.48. The summed E-state index contributed by atoms with van der Waals surface area (Å²) in [4.78, 5) is 4.48. The number of hydrogen-bond acceptors (Lipinski definition) is 4. The molecule has 1 atom stereocenters. The van der Waals surface area contributed by atoms with Gasteiger partial charge in [-0.15, -0.1) is 0 Å². The average molecular weight is 243 g/mol. The number of aromatic nitrogens is 2. The number of benzene rings is 1. The molecule has 0 spiro atoms. The smallest absolute Gasteiger partial charge is 0.257 e. The Bertz CT molecular complexity index is 562. The number of fused-ring (bicyclic) bond motifs is 1. The monoisotopic (exact) mass is 243 g/mol. The van der Waals surface area contributed by atoms with Gasteiger partial charge in [-0.05, 0) is 36.6 Å². The van der Waals surface area contributed by atoms with E-state index in [9.17, 15) is 0 Å². The van der Waals surface area contributed by atoms with Crippen molar-refractivity contribution in [1.82, 2.24) is 10.1 Å². The summed E-state index contributed by atoms with van der Waals surface area (Å²) in [6.45, 7) is 5.25. The molecule has 1 aliphatic heterocycles. The molecule has 0 saturated carbocycles. The fourth-order valence-corrected chi connectivity index (χ4v) is 2.17. The van der Waals surface area contributed by atoms with E-state index in [0.29, 0.717) is 11.8 Å². The highest BCUT2D eigenvalue weighted by Gasteiger charge is 2.16. The Morgan fingerprint density at radius 1 is 1.44 bits per heavy atom. The number of hydrogen-bond donors (Lipinski definition) is 1. The van der Waals surface area contributed by atoms with E-state index in [2.05, 4.69) is 41.4 Å². The molecular formula is C14H17N3O. The van der Waals surface area contributed by atoms with Crippen LogP contribution >= 0.6 is 0 Å². The van der Waals surface area contributed by atoms with Crippen molar-refractivity contribution in [1.29, 1.82) is 0 Å². The minimum atomic E-state index is 0.346. The molecule has 1 unspecified atom stereocenters.